The second kappa shape index (κ2) is 4.07. The van der Waals surface area contributed by atoms with Gasteiger partial charge in [-0.05, 0) is 12.3 Å². The molecule has 0 aliphatic heterocycles. The van der Waals surface area contributed by atoms with Crippen molar-refractivity contribution >= 4 is 0 Å². The van der Waals surface area contributed by atoms with E-state index in [2.05, 4.69) is 31.4 Å². The van der Waals surface area contributed by atoms with Crippen LogP contribution < -0.4 is 10.6 Å². The van der Waals surface area contributed by atoms with Crippen LogP contribution in [-0.2, 0) is 0 Å². The maximum absolute atomic E-state index is 3.50. The van der Waals surface area contributed by atoms with Crippen molar-refractivity contribution in [2.24, 2.45) is 5.92 Å². The number of rotatable bonds is 5. The normalized spacial score (nSPS) is 29.5. The largest absolute Gasteiger partial charge is 0.313 e. The zero-order valence-electron chi connectivity index (χ0n) is 7.85. The van der Waals surface area contributed by atoms with E-state index in [0.29, 0.717) is 6.04 Å². The highest BCUT2D eigenvalue weighted by molar-refractivity contribution is 4.89. The van der Waals surface area contributed by atoms with E-state index >= 15 is 0 Å². The van der Waals surface area contributed by atoms with Gasteiger partial charge in [-0.2, -0.15) is 0 Å². The predicted molar refractivity (Wildman–Crippen MR) is 48.7 cm³/mol. The van der Waals surface area contributed by atoms with Gasteiger partial charge in [0.2, 0.25) is 0 Å². The summed E-state index contributed by atoms with van der Waals surface area (Å²) in [5.41, 5.74) is 0. The van der Waals surface area contributed by atoms with Gasteiger partial charge in [0.05, 0.1) is 0 Å². The highest BCUT2D eigenvalue weighted by Crippen LogP contribution is 2.28. The summed E-state index contributed by atoms with van der Waals surface area (Å²) in [6, 6.07) is 1.44. The van der Waals surface area contributed by atoms with Crippen LogP contribution in [0.3, 0.4) is 0 Å². The van der Waals surface area contributed by atoms with Gasteiger partial charge < -0.3 is 10.6 Å². The van der Waals surface area contributed by atoms with Gasteiger partial charge in [-0.15, -0.1) is 0 Å². The van der Waals surface area contributed by atoms with Gasteiger partial charge in [0.25, 0.3) is 0 Å². The zero-order valence-corrected chi connectivity index (χ0v) is 7.85. The van der Waals surface area contributed by atoms with Crippen LogP contribution in [0, 0.1) is 5.92 Å². The van der Waals surface area contributed by atoms with Gasteiger partial charge in [-0.1, -0.05) is 20.8 Å². The average Bonchev–Trinajstić information content (AvgIpc) is 2.59. The van der Waals surface area contributed by atoms with Gasteiger partial charge in [-0.3, -0.25) is 0 Å². The van der Waals surface area contributed by atoms with E-state index in [1.54, 1.807) is 0 Å². The van der Waals surface area contributed by atoms with Gasteiger partial charge in [0, 0.05) is 25.2 Å². The third kappa shape index (κ3) is 3.73. The Kier molecular flexibility index (Phi) is 3.34. The Morgan fingerprint density at radius 1 is 1.36 bits per heavy atom. The summed E-state index contributed by atoms with van der Waals surface area (Å²) in [6.45, 7) is 8.88. The number of nitrogens with one attached hydrogen (secondary N) is 2. The van der Waals surface area contributed by atoms with E-state index in [9.17, 15) is 0 Å². The molecule has 11 heavy (non-hydrogen) atoms. The zero-order chi connectivity index (χ0) is 8.27. The first-order valence-electron chi connectivity index (χ1n) is 4.67. The van der Waals surface area contributed by atoms with Crippen LogP contribution in [0.1, 0.15) is 27.2 Å². The maximum Gasteiger partial charge on any atom is 0.00969 e. The standard InChI is InChI=1S/C9H20N2/c1-7(2)10-4-5-11-9-6-8(9)3/h7-11H,4-6H2,1-3H3. The summed E-state index contributed by atoms with van der Waals surface area (Å²) in [5, 5.41) is 6.88. The van der Waals surface area contributed by atoms with Crippen LogP contribution in [0.25, 0.3) is 0 Å². The molecule has 0 aromatic heterocycles. The molecule has 0 amide bonds. The Bertz CT molecular complexity index is 112. The molecular weight excluding hydrogens is 136 g/mol. The molecule has 1 rings (SSSR count). The Labute approximate surface area is 69.8 Å². The second-order valence-corrected chi connectivity index (χ2v) is 3.88. The Morgan fingerprint density at radius 3 is 2.45 bits per heavy atom. The van der Waals surface area contributed by atoms with Crippen LogP contribution in [-0.4, -0.2) is 25.2 Å². The molecule has 2 atom stereocenters. The molecule has 1 fully saturated rings. The van der Waals surface area contributed by atoms with Crippen molar-refractivity contribution < 1.29 is 0 Å². The van der Waals surface area contributed by atoms with Crippen LogP contribution in [0.5, 0.6) is 0 Å². The van der Waals surface area contributed by atoms with E-state index in [1.165, 1.54) is 6.42 Å². The second-order valence-electron chi connectivity index (χ2n) is 3.88. The fourth-order valence-corrected chi connectivity index (χ4v) is 1.22. The van der Waals surface area contributed by atoms with Crippen LogP contribution in [0.4, 0.5) is 0 Å². The van der Waals surface area contributed by atoms with Crippen molar-refractivity contribution in [3.05, 3.63) is 0 Å². The molecule has 0 radical (unpaired) electrons. The molecule has 66 valence electrons. The van der Waals surface area contributed by atoms with Gasteiger partial charge in [0.15, 0.2) is 0 Å². The van der Waals surface area contributed by atoms with Crippen molar-refractivity contribution in [3.8, 4) is 0 Å². The molecule has 0 aromatic carbocycles. The van der Waals surface area contributed by atoms with Crippen molar-refractivity contribution in [1.29, 1.82) is 0 Å². The predicted octanol–water partition coefficient (Wildman–Crippen LogP) is 0.982. The van der Waals surface area contributed by atoms with Crippen LogP contribution in [0.15, 0.2) is 0 Å². The van der Waals surface area contributed by atoms with Crippen LogP contribution >= 0.6 is 0 Å². The van der Waals surface area contributed by atoms with E-state index in [-0.39, 0.29) is 0 Å². The summed E-state index contributed by atoms with van der Waals surface area (Å²) in [4.78, 5) is 0. The highest BCUT2D eigenvalue weighted by atomic mass is 15.0. The first-order valence-corrected chi connectivity index (χ1v) is 4.67. The molecule has 1 saturated carbocycles. The van der Waals surface area contributed by atoms with Gasteiger partial charge in [-0.25, -0.2) is 0 Å². The van der Waals surface area contributed by atoms with Crippen molar-refractivity contribution in [2.75, 3.05) is 13.1 Å². The molecule has 1 aliphatic rings. The van der Waals surface area contributed by atoms with E-state index in [4.69, 9.17) is 0 Å². The SMILES string of the molecule is CC(C)NCCNC1CC1C. The molecule has 0 aromatic rings. The number of hydrogen-bond acceptors (Lipinski definition) is 2. The summed E-state index contributed by atoms with van der Waals surface area (Å²) in [5.74, 6) is 0.925. The molecule has 0 saturated heterocycles. The lowest BCUT2D eigenvalue weighted by atomic mass is 10.4. The number of hydrogen-bond donors (Lipinski definition) is 2. The smallest absolute Gasteiger partial charge is 0.00969 e. The third-order valence-corrected chi connectivity index (χ3v) is 2.19. The monoisotopic (exact) mass is 156 g/mol. The fourth-order valence-electron chi connectivity index (χ4n) is 1.22. The van der Waals surface area contributed by atoms with E-state index < -0.39 is 0 Å². The minimum Gasteiger partial charge on any atom is -0.313 e. The molecule has 2 nitrogen and oxygen atoms in total. The lowest BCUT2D eigenvalue weighted by Gasteiger charge is -2.08. The highest BCUT2D eigenvalue weighted by Gasteiger charge is 2.31. The quantitative estimate of drug-likeness (QED) is 0.580. The minimum atomic E-state index is 0.619. The molecular formula is C9H20N2. The Balaban J connectivity index is 1.81. The van der Waals surface area contributed by atoms with Crippen molar-refractivity contribution in [3.63, 3.8) is 0 Å². The van der Waals surface area contributed by atoms with E-state index in [0.717, 1.165) is 25.0 Å². The first kappa shape index (κ1) is 9.01. The lowest BCUT2D eigenvalue weighted by Crippen LogP contribution is -2.32. The maximum atomic E-state index is 3.50. The van der Waals surface area contributed by atoms with Gasteiger partial charge in [0.1, 0.15) is 0 Å². The molecule has 0 spiro atoms. The lowest BCUT2D eigenvalue weighted by molar-refractivity contribution is 0.547. The fraction of sp³-hybridized carbons (Fsp3) is 1.00. The molecule has 1 aliphatic carbocycles. The summed E-state index contributed by atoms with van der Waals surface area (Å²) in [7, 11) is 0. The molecule has 2 unspecified atom stereocenters. The molecule has 0 heterocycles. The van der Waals surface area contributed by atoms with E-state index in [1.807, 2.05) is 0 Å². The average molecular weight is 156 g/mol. The van der Waals surface area contributed by atoms with Gasteiger partial charge >= 0.3 is 0 Å². The molecule has 2 heteroatoms. The summed E-state index contributed by atoms with van der Waals surface area (Å²) < 4.78 is 0. The summed E-state index contributed by atoms with van der Waals surface area (Å²) in [6.07, 6.45) is 1.38. The first-order chi connectivity index (χ1) is 5.20. The molecule has 0 bridgehead atoms. The minimum absolute atomic E-state index is 0.619. The topological polar surface area (TPSA) is 24.1 Å². The summed E-state index contributed by atoms with van der Waals surface area (Å²) >= 11 is 0. The Morgan fingerprint density at radius 2 is 2.00 bits per heavy atom. The molecule has 2 N–H and O–H groups in total. The van der Waals surface area contributed by atoms with Crippen molar-refractivity contribution in [2.45, 2.75) is 39.3 Å². The van der Waals surface area contributed by atoms with Crippen molar-refractivity contribution in [1.82, 2.24) is 10.6 Å². The van der Waals surface area contributed by atoms with Crippen LogP contribution in [0.2, 0.25) is 0 Å². The third-order valence-electron chi connectivity index (χ3n) is 2.19. The Hall–Kier alpha value is -0.0800.